The van der Waals surface area contributed by atoms with E-state index in [1.54, 1.807) is 18.2 Å². The highest BCUT2D eigenvalue weighted by atomic mass is 16.5. The molecule has 34 heavy (non-hydrogen) atoms. The normalized spacial score (nSPS) is 14.2. The molecule has 8 heteroatoms. The number of nitrogens with zero attached hydrogens (tertiary/aromatic N) is 4. The predicted octanol–water partition coefficient (Wildman–Crippen LogP) is 4.49. The van der Waals surface area contributed by atoms with Crippen molar-refractivity contribution in [1.29, 1.82) is 0 Å². The molecule has 0 aliphatic carbocycles. The smallest absolute Gasteiger partial charge is 0.245 e. The molecule has 1 fully saturated rings. The summed E-state index contributed by atoms with van der Waals surface area (Å²) in [5.74, 6) is 1.87. The van der Waals surface area contributed by atoms with Gasteiger partial charge >= 0.3 is 0 Å². The zero-order valence-corrected chi connectivity index (χ0v) is 18.9. The molecule has 1 N–H and O–H groups in total. The fourth-order valence-corrected chi connectivity index (χ4v) is 4.21. The SMILES string of the molecule is C=CC(=O)N1CCC(Oc2cc3c(Nc4ccc5ncccc5c4)ncnc3cc2OC)CC1. The lowest BCUT2D eigenvalue weighted by molar-refractivity contribution is -0.127. The van der Waals surface area contributed by atoms with Gasteiger partial charge in [-0.25, -0.2) is 9.97 Å². The van der Waals surface area contributed by atoms with Crippen LogP contribution >= 0.6 is 0 Å². The number of hydrogen-bond acceptors (Lipinski definition) is 7. The minimum Gasteiger partial charge on any atom is -0.493 e. The number of methoxy groups -OCH3 is 1. The summed E-state index contributed by atoms with van der Waals surface area (Å²) < 4.78 is 11.9. The zero-order chi connectivity index (χ0) is 23.5. The maximum atomic E-state index is 11.9. The third-order valence-electron chi connectivity index (χ3n) is 6.01. The Bertz CT molecular complexity index is 1370. The molecule has 1 amide bonds. The summed E-state index contributed by atoms with van der Waals surface area (Å²) >= 11 is 0. The first kappa shape index (κ1) is 21.6. The van der Waals surface area contributed by atoms with Crippen LogP contribution in [0.15, 0.2) is 67.6 Å². The van der Waals surface area contributed by atoms with Crippen LogP contribution in [0.3, 0.4) is 0 Å². The lowest BCUT2D eigenvalue weighted by atomic mass is 10.1. The molecule has 0 unspecified atom stereocenters. The van der Waals surface area contributed by atoms with Crippen molar-refractivity contribution in [1.82, 2.24) is 19.9 Å². The molecule has 3 heterocycles. The number of likely N-dealkylation sites (tertiary alicyclic amines) is 1. The van der Waals surface area contributed by atoms with Crippen molar-refractivity contribution in [2.75, 3.05) is 25.5 Å². The largest absolute Gasteiger partial charge is 0.493 e. The maximum Gasteiger partial charge on any atom is 0.245 e. The van der Waals surface area contributed by atoms with Crippen molar-refractivity contribution in [3.8, 4) is 11.5 Å². The second-order valence-corrected chi connectivity index (χ2v) is 8.12. The molecule has 5 rings (SSSR count). The molecule has 0 bridgehead atoms. The summed E-state index contributed by atoms with van der Waals surface area (Å²) in [7, 11) is 1.61. The molecule has 1 aliphatic rings. The molecule has 2 aromatic carbocycles. The van der Waals surface area contributed by atoms with E-state index in [4.69, 9.17) is 9.47 Å². The minimum absolute atomic E-state index is 0.0192. The van der Waals surface area contributed by atoms with Gasteiger partial charge in [0.05, 0.1) is 18.1 Å². The van der Waals surface area contributed by atoms with Gasteiger partial charge in [0.2, 0.25) is 5.91 Å². The Morgan fingerprint density at radius 3 is 2.74 bits per heavy atom. The number of carbonyl (C=O) groups is 1. The Morgan fingerprint density at radius 1 is 1.09 bits per heavy atom. The molecule has 0 saturated carbocycles. The summed E-state index contributed by atoms with van der Waals surface area (Å²) in [6.07, 6.45) is 6.12. The van der Waals surface area contributed by atoms with E-state index < -0.39 is 0 Å². The van der Waals surface area contributed by atoms with Gasteiger partial charge in [0.15, 0.2) is 11.5 Å². The fourth-order valence-electron chi connectivity index (χ4n) is 4.21. The van der Waals surface area contributed by atoms with Gasteiger partial charge in [0, 0.05) is 54.7 Å². The number of carbonyl (C=O) groups excluding carboxylic acids is 1. The van der Waals surface area contributed by atoms with Crippen LogP contribution in [0.5, 0.6) is 11.5 Å². The van der Waals surface area contributed by atoms with Crippen molar-refractivity contribution in [2.24, 2.45) is 0 Å². The summed E-state index contributed by atoms with van der Waals surface area (Å²) in [5, 5.41) is 5.27. The molecule has 2 aromatic heterocycles. The van der Waals surface area contributed by atoms with E-state index in [2.05, 4.69) is 26.8 Å². The Hall–Kier alpha value is -4.20. The van der Waals surface area contributed by atoms with Crippen LogP contribution in [0.1, 0.15) is 12.8 Å². The summed E-state index contributed by atoms with van der Waals surface area (Å²) in [4.78, 5) is 26.9. The highest BCUT2D eigenvalue weighted by Crippen LogP contribution is 2.36. The van der Waals surface area contributed by atoms with E-state index >= 15 is 0 Å². The van der Waals surface area contributed by atoms with Gasteiger partial charge in [-0.1, -0.05) is 12.6 Å². The van der Waals surface area contributed by atoms with Crippen LogP contribution in [-0.4, -0.2) is 52.1 Å². The van der Waals surface area contributed by atoms with E-state index in [1.807, 2.05) is 42.5 Å². The molecular weight excluding hydrogens is 430 g/mol. The third kappa shape index (κ3) is 4.34. The molecule has 1 aliphatic heterocycles. The number of amides is 1. The number of rotatable bonds is 6. The first-order valence-electron chi connectivity index (χ1n) is 11.2. The summed E-state index contributed by atoms with van der Waals surface area (Å²) in [6.45, 7) is 4.84. The van der Waals surface area contributed by atoms with Crippen LogP contribution in [0.4, 0.5) is 11.5 Å². The van der Waals surface area contributed by atoms with Gasteiger partial charge in [-0.2, -0.15) is 0 Å². The number of hydrogen-bond donors (Lipinski definition) is 1. The number of anilines is 2. The minimum atomic E-state index is -0.0425. The van der Waals surface area contributed by atoms with Crippen LogP contribution in [0.25, 0.3) is 21.8 Å². The number of fused-ring (bicyclic) bond motifs is 2. The molecular formula is C26H25N5O3. The third-order valence-corrected chi connectivity index (χ3v) is 6.01. The van der Waals surface area contributed by atoms with Gasteiger partial charge in [0.1, 0.15) is 18.2 Å². The first-order chi connectivity index (χ1) is 16.6. The summed E-state index contributed by atoms with van der Waals surface area (Å²) in [6, 6.07) is 13.7. The molecule has 8 nitrogen and oxygen atoms in total. The fraction of sp³-hybridized carbons (Fsp3) is 0.231. The highest BCUT2D eigenvalue weighted by Gasteiger charge is 2.24. The van der Waals surface area contributed by atoms with Crippen molar-refractivity contribution in [2.45, 2.75) is 18.9 Å². The second kappa shape index (κ2) is 9.35. The molecule has 0 radical (unpaired) electrons. The van der Waals surface area contributed by atoms with Crippen molar-refractivity contribution >= 4 is 39.2 Å². The van der Waals surface area contributed by atoms with Gasteiger partial charge < -0.3 is 19.7 Å². The average Bonchev–Trinajstić information content (AvgIpc) is 2.88. The van der Waals surface area contributed by atoms with Gasteiger partial charge in [-0.3, -0.25) is 9.78 Å². The Kier molecular flexibility index (Phi) is 5.95. The van der Waals surface area contributed by atoms with Crippen molar-refractivity contribution < 1.29 is 14.3 Å². The van der Waals surface area contributed by atoms with Gasteiger partial charge in [-0.05, 0) is 36.4 Å². The van der Waals surface area contributed by atoms with E-state index in [0.29, 0.717) is 30.4 Å². The van der Waals surface area contributed by atoms with Crippen LogP contribution in [0, 0.1) is 0 Å². The predicted molar refractivity (Wildman–Crippen MR) is 132 cm³/mol. The van der Waals surface area contributed by atoms with Crippen molar-refractivity contribution in [3.05, 3.63) is 67.6 Å². The standard InChI is InChI=1S/C26H25N5O3/c1-3-25(32)31-11-8-19(9-12-31)34-24-14-20-22(15-23(24)33-2)28-16-29-26(20)30-18-6-7-21-17(13-18)5-4-10-27-21/h3-7,10,13-16,19H,1,8-9,11-12H2,2H3,(H,28,29,30). The van der Waals surface area contributed by atoms with Crippen LogP contribution in [-0.2, 0) is 4.79 Å². The number of ether oxygens (including phenoxy) is 2. The van der Waals surface area contributed by atoms with Crippen molar-refractivity contribution in [3.63, 3.8) is 0 Å². The summed E-state index contributed by atoms with van der Waals surface area (Å²) in [5.41, 5.74) is 2.58. The Labute approximate surface area is 197 Å². The number of nitrogens with one attached hydrogen (secondary N) is 1. The van der Waals surface area contributed by atoms with E-state index in [-0.39, 0.29) is 12.0 Å². The van der Waals surface area contributed by atoms with E-state index in [0.717, 1.165) is 40.3 Å². The number of benzene rings is 2. The maximum absolute atomic E-state index is 11.9. The zero-order valence-electron chi connectivity index (χ0n) is 18.9. The lowest BCUT2D eigenvalue weighted by Gasteiger charge is -2.31. The topological polar surface area (TPSA) is 89.5 Å². The Morgan fingerprint density at radius 2 is 1.94 bits per heavy atom. The monoisotopic (exact) mass is 455 g/mol. The first-order valence-corrected chi connectivity index (χ1v) is 11.2. The quantitative estimate of drug-likeness (QED) is 0.429. The molecule has 1 saturated heterocycles. The highest BCUT2D eigenvalue weighted by molar-refractivity contribution is 5.94. The van der Waals surface area contributed by atoms with E-state index in [1.165, 1.54) is 12.4 Å². The van der Waals surface area contributed by atoms with Crippen LogP contribution in [0.2, 0.25) is 0 Å². The Balaban J connectivity index is 1.42. The van der Waals surface area contributed by atoms with Gasteiger partial charge in [-0.15, -0.1) is 0 Å². The number of aromatic nitrogens is 3. The molecule has 172 valence electrons. The van der Waals surface area contributed by atoms with Gasteiger partial charge in [0.25, 0.3) is 0 Å². The lowest BCUT2D eigenvalue weighted by Crippen LogP contribution is -2.41. The number of piperidine rings is 1. The molecule has 4 aromatic rings. The molecule has 0 atom stereocenters. The van der Waals surface area contributed by atoms with E-state index in [9.17, 15) is 4.79 Å². The average molecular weight is 456 g/mol. The van der Waals surface area contributed by atoms with Crippen LogP contribution < -0.4 is 14.8 Å². The number of pyridine rings is 1. The molecule has 0 spiro atoms. The second-order valence-electron chi connectivity index (χ2n) is 8.12.